The van der Waals surface area contributed by atoms with Crippen molar-refractivity contribution in [2.24, 2.45) is 11.1 Å². The molecule has 26 heavy (non-hydrogen) atoms. The summed E-state index contributed by atoms with van der Waals surface area (Å²) < 4.78 is 5.49. The van der Waals surface area contributed by atoms with Crippen LogP contribution in [0.15, 0.2) is 24.3 Å². The number of nitro benzene ring substituents is 1. The third kappa shape index (κ3) is 3.40. The van der Waals surface area contributed by atoms with E-state index in [2.05, 4.69) is 0 Å². The Morgan fingerprint density at radius 1 is 1.50 bits per heavy atom. The highest BCUT2D eigenvalue weighted by Gasteiger charge is 2.56. The van der Waals surface area contributed by atoms with Crippen molar-refractivity contribution < 1.29 is 19.2 Å². The van der Waals surface area contributed by atoms with Crippen LogP contribution < -0.4 is 5.73 Å². The first-order valence-corrected chi connectivity index (χ1v) is 10.4. The molecule has 2 heterocycles. The van der Waals surface area contributed by atoms with Crippen LogP contribution in [0.1, 0.15) is 5.56 Å². The number of thioether (sulfide) groups is 2. The molecule has 1 aromatic rings. The Hall–Kier alpha value is -1.78. The van der Waals surface area contributed by atoms with Crippen LogP contribution in [0, 0.1) is 15.5 Å². The highest BCUT2D eigenvalue weighted by atomic mass is 32.2. The largest absolute Gasteiger partial charge is 0.460 e. The molecule has 140 valence electrons. The molecule has 3 rings (SSSR count). The summed E-state index contributed by atoms with van der Waals surface area (Å²) in [5.41, 5.74) is 5.70. The van der Waals surface area contributed by atoms with E-state index in [1.165, 1.54) is 35.7 Å². The van der Waals surface area contributed by atoms with Gasteiger partial charge in [-0.2, -0.15) is 11.8 Å². The Morgan fingerprint density at radius 2 is 2.19 bits per heavy atom. The van der Waals surface area contributed by atoms with E-state index in [4.69, 9.17) is 10.5 Å². The molecule has 0 spiro atoms. The van der Waals surface area contributed by atoms with Crippen molar-refractivity contribution >= 4 is 41.1 Å². The molecule has 2 aliphatic rings. The number of nitro groups is 1. The van der Waals surface area contributed by atoms with E-state index in [1.807, 2.05) is 6.26 Å². The maximum Gasteiger partial charge on any atom is 0.315 e. The lowest BCUT2D eigenvalue weighted by Gasteiger charge is -2.53. The van der Waals surface area contributed by atoms with Crippen molar-refractivity contribution in [2.45, 2.75) is 18.0 Å². The summed E-state index contributed by atoms with van der Waals surface area (Å²) in [6, 6.07) is 5.40. The standard InChI is InChI=1S/C16H19N3O5S2/c1-25-8-16(7-18-13(20)12(17)14(18)26-9-16)15(21)24-6-10-2-4-11(5-3-10)19(22)23/h2-5,12,14H,6-9,17H2,1H3/t12?,14-,16?/m1/s1. The number of fused-ring (bicyclic) bond motifs is 1. The molecular weight excluding hydrogens is 378 g/mol. The summed E-state index contributed by atoms with van der Waals surface area (Å²) in [5, 5.41) is 10.6. The van der Waals surface area contributed by atoms with E-state index in [0.717, 1.165) is 0 Å². The van der Waals surface area contributed by atoms with Crippen molar-refractivity contribution in [1.29, 1.82) is 0 Å². The molecule has 0 aromatic heterocycles. The summed E-state index contributed by atoms with van der Waals surface area (Å²) in [4.78, 5) is 36.6. The topological polar surface area (TPSA) is 116 Å². The maximum atomic E-state index is 12.8. The van der Waals surface area contributed by atoms with Gasteiger partial charge in [0.05, 0.1) is 4.92 Å². The Kier molecular flexibility index (Phi) is 5.44. The van der Waals surface area contributed by atoms with Gasteiger partial charge in [0.15, 0.2) is 0 Å². The van der Waals surface area contributed by atoms with Crippen molar-refractivity contribution in [2.75, 3.05) is 24.3 Å². The van der Waals surface area contributed by atoms with Crippen molar-refractivity contribution in [3.8, 4) is 0 Å². The third-order valence-electron chi connectivity index (χ3n) is 4.56. The van der Waals surface area contributed by atoms with Gasteiger partial charge in [0.1, 0.15) is 23.4 Å². The number of ether oxygens (including phenoxy) is 1. The van der Waals surface area contributed by atoms with Crippen molar-refractivity contribution in [3.05, 3.63) is 39.9 Å². The number of carbonyl (C=O) groups excluding carboxylic acids is 2. The Bertz CT molecular complexity index is 729. The van der Waals surface area contributed by atoms with Crippen molar-refractivity contribution in [1.82, 2.24) is 4.90 Å². The van der Waals surface area contributed by atoms with E-state index in [-0.39, 0.29) is 29.5 Å². The zero-order chi connectivity index (χ0) is 18.9. The number of carbonyl (C=O) groups is 2. The molecule has 0 saturated carbocycles. The number of esters is 1. The molecule has 0 bridgehead atoms. The number of β-lactam (4-membered cyclic amide) rings is 1. The Labute approximate surface area is 159 Å². The molecule has 2 unspecified atom stereocenters. The fraction of sp³-hybridized carbons (Fsp3) is 0.500. The molecule has 2 aliphatic heterocycles. The van der Waals surface area contributed by atoms with Gasteiger partial charge in [0.2, 0.25) is 5.91 Å². The monoisotopic (exact) mass is 397 g/mol. The highest BCUT2D eigenvalue weighted by Crippen LogP contribution is 2.43. The molecule has 0 aliphatic carbocycles. The van der Waals surface area contributed by atoms with E-state index in [9.17, 15) is 19.7 Å². The molecule has 2 fully saturated rings. The molecule has 3 atom stereocenters. The summed E-state index contributed by atoms with van der Waals surface area (Å²) in [7, 11) is 0. The maximum absolute atomic E-state index is 12.8. The van der Waals surface area contributed by atoms with Gasteiger partial charge in [-0.15, -0.1) is 11.8 Å². The predicted molar refractivity (Wildman–Crippen MR) is 99.6 cm³/mol. The van der Waals surface area contributed by atoms with Crippen molar-refractivity contribution in [3.63, 3.8) is 0 Å². The second kappa shape index (κ2) is 7.45. The zero-order valence-electron chi connectivity index (χ0n) is 14.1. The van der Waals surface area contributed by atoms with Crippen LogP contribution in [0.5, 0.6) is 0 Å². The average molecular weight is 397 g/mol. The summed E-state index contributed by atoms with van der Waals surface area (Å²) in [5.74, 6) is 0.611. The first kappa shape index (κ1) is 19.0. The van der Waals surface area contributed by atoms with E-state index in [0.29, 0.717) is 23.6 Å². The average Bonchev–Trinajstić information content (AvgIpc) is 2.65. The Balaban J connectivity index is 1.65. The molecule has 1 amide bonds. The number of hydrogen-bond donors (Lipinski definition) is 1. The number of amides is 1. The molecule has 1 aromatic carbocycles. The van der Waals surface area contributed by atoms with Crippen LogP contribution in [0.3, 0.4) is 0 Å². The Morgan fingerprint density at radius 3 is 2.81 bits per heavy atom. The second-order valence-corrected chi connectivity index (χ2v) is 8.38. The van der Waals surface area contributed by atoms with Gasteiger partial charge < -0.3 is 15.4 Å². The predicted octanol–water partition coefficient (Wildman–Crippen LogP) is 1.23. The number of benzene rings is 1. The van der Waals surface area contributed by atoms with Crippen LogP contribution in [0.2, 0.25) is 0 Å². The van der Waals surface area contributed by atoms with Gasteiger partial charge >= 0.3 is 5.97 Å². The fourth-order valence-electron chi connectivity index (χ4n) is 3.09. The lowest BCUT2D eigenvalue weighted by atomic mass is 9.89. The molecule has 2 saturated heterocycles. The van der Waals surface area contributed by atoms with Gasteiger partial charge in [-0.1, -0.05) is 0 Å². The number of rotatable bonds is 6. The molecule has 10 heteroatoms. The SMILES string of the molecule is CSCC1(C(=O)OCc2ccc([N+](=O)[O-])cc2)CS[C@@H]2C(N)C(=O)N2C1. The van der Waals surface area contributed by atoms with Crippen LogP contribution in [-0.2, 0) is 20.9 Å². The summed E-state index contributed by atoms with van der Waals surface area (Å²) >= 11 is 3.05. The minimum absolute atomic E-state index is 0.0127. The first-order chi connectivity index (χ1) is 12.4. The second-order valence-electron chi connectivity index (χ2n) is 6.41. The van der Waals surface area contributed by atoms with Gasteiger partial charge in [-0.3, -0.25) is 19.7 Å². The molecular formula is C16H19N3O5S2. The smallest absolute Gasteiger partial charge is 0.315 e. The van der Waals surface area contributed by atoms with Gasteiger partial charge in [-0.25, -0.2) is 0 Å². The quantitative estimate of drug-likeness (QED) is 0.330. The lowest BCUT2D eigenvalue weighted by Crippen LogP contribution is -2.72. The minimum Gasteiger partial charge on any atom is -0.460 e. The van der Waals surface area contributed by atoms with Crippen LogP contribution in [0.4, 0.5) is 5.69 Å². The van der Waals surface area contributed by atoms with Crippen LogP contribution in [0.25, 0.3) is 0 Å². The third-order valence-corrected chi connectivity index (χ3v) is 7.01. The molecule has 0 radical (unpaired) electrons. The van der Waals surface area contributed by atoms with Gasteiger partial charge in [0.25, 0.3) is 5.69 Å². The van der Waals surface area contributed by atoms with Crippen LogP contribution in [-0.4, -0.2) is 57.4 Å². The van der Waals surface area contributed by atoms with Gasteiger partial charge in [0, 0.05) is 30.2 Å². The molecule has 2 N–H and O–H groups in total. The van der Waals surface area contributed by atoms with E-state index in [1.54, 1.807) is 17.0 Å². The highest BCUT2D eigenvalue weighted by molar-refractivity contribution is 8.00. The number of nitrogens with two attached hydrogens (primary N) is 1. The number of nitrogens with zero attached hydrogens (tertiary/aromatic N) is 2. The number of non-ortho nitro benzene ring substituents is 1. The van der Waals surface area contributed by atoms with E-state index >= 15 is 0 Å². The molecule has 8 nitrogen and oxygen atoms in total. The summed E-state index contributed by atoms with van der Waals surface area (Å²) in [6.45, 7) is 0.353. The van der Waals surface area contributed by atoms with Crippen LogP contribution >= 0.6 is 23.5 Å². The zero-order valence-corrected chi connectivity index (χ0v) is 15.8. The fourth-order valence-corrected chi connectivity index (χ4v) is 5.57. The van der Waals surface area contributed by atoms with E-state index < -0.39 is 16.4 Å². The van der Waals surface area contributed by atoms with Gasteiger partial charge in [-0.05, 0) is 24.0 Å². The minimum atomic E-state index is -0.767. The first-order valence-electron chi connectivity index (χ1n) is 7.95. The lowest BCUT2D eigenvalue weighted by molar-refractivity contribution is -0.384. The normalized spacial score (nSPS) is 27.5. The number of hydrogen-bond acceptors (Lipinski definition) is 8. The summed E-state index contributed by atoms with van der Waals surface area (Å²) in [6.07, 6.45) is 1.91.